The van der Waals surface area contributed by atoms with Crippen molar-refractivity contribution in [1.82, 2.24) is 5.32 Å². The molecule has 108 valence electrons. The lowest BCUT2D eigenvalue weighted by atomic mass is 10.1. The van der Waals surface area contributed by atoms with Crippen molar-refractivity contribution >= 4 is 40.7 Å². The number of benzene rings is 1. The van der Waals surface area contributed by atoms with Crippen LogP contribution in [0.15, 0.2) is 12.1 Å². The highest BCUT2D eigenvalue weighted by Gasteiger charge is 2.40. The molecule has 1 heterocycles. The van der Waals surface area contributed by atoms with Crippen LogP contribution in [0, 0.1) is 0 Å². The molecule has 1 unspecified atom stereocenters. The molecule has 0 radical (unpaired) electrons. The zero-order valence-corrected chi connectivity index (χ0v) is 12.9. The minimum Gasteiger partial charge on any atom is -0.341 e. The number of fused-ring (bicyclic) bond motifs is 1. The molecule has 2 rings (SSSR count). The molecule has 1 aliphatic heterocycles. The molecular formula is C14H16Cl2N2O2. The number of rotatable bonds is 4. The van der Waals surface area contributed by atoms with Crippen LogP contribution < -0.4 is 10.2 Å². The Balaban J connectivity index is 2.49. The molecule has 0 aromatic heterocycles. The number of nitrogens with one attached hydrogen (secondary N) is 1. The van der Waals surface area contributed by atoms with E-state index in [9.17, 15) is 9.59 Å². The lowest BCUT2D eigenvalue weighted by Crippen LogP contribution is -2.37. The van der Waals surface area contributed by atoms with Crippen molar-refractivity contribution in [2.45, 2.75) is 32.7 Å². The summed E-state index contributed by atoms with van der Waals surface area (Å²) >= 11 is 12.4. The number of carbonyl (C=O) groups excluding carboxylic acids is 2. The van der Waals surface area contributed by atoms with E-state index in [0.717, 1.165) is 12.8 Å². The smallest absolute Gasteiger partial charge is 0.254 e. The molecule has 0 saturated heterocycles. The monoisotopic (exact) mass is 314 g/mol. The summed E-state index contributed by atoms with van der Waals surface area (Å²) in [5.74, 6) is -0.457. The first-order valence-corrected chi connectivity index (χ1v) is 7.29. The molecule has 4 nitrogen and oxygen atoms in total. The molecule has 1 aromatic carbocycles. The molecule has 1 aromatic rings. The molecule has 1 N–H and O–H groups in total. The van der Waals surface area contributed by atoms with Gasteiger partial charge in [0.1, 0.15) is 6.04 Å². The lowest BCUT2D eigenvalue weighted by Gasteiger charge is -2.18. The third kappa shape index (κ3) is 2.63. The van der Waals surface area contributed by atoms with Gasteiger partial charge < -0.3 is 10.2 Å². The van der Waals surface area contributed by atoms with E-state index in [1.54, 1.807) is 17.0 Å². The first-order chi connectivity index (χ1) is 9.47. The van der Waals surface area contributed by atoms with Gasteiger partial charge in [0.05, 0.1) is 10.7 Å². The number of carbonyl (C=O) groups is 2. The van der Waals surface area contributed by atoms with Crippen molar-refractivity contribution in [3.8, 4) is 0 Å². The van der Waals surface area contributed by atoms with Crippen LogP contribution in [0.1, 0.15) is 38.3 Å². The minimum atomic E-state index is -0.745. The van der Waals surface area contributed by atoms with E-state index in [-0.39, 0.29) is 11.8 Å². The molecule has 0 fully saturated rings. The molecule has 0 aliphatic carbocycles. The predicted octanol–water partition coefficient (Wildman–Crippen LogP) is 3.32. The molecule has 20 heavy (non-hydrogen) atoms. The largest absolute Gasteiger partial charge is 0.341 e. The average molecular weight is 315 g/mol. The highest BCUT2D eigenvalue weighted by atomic mass is 35.5. The number of halogens is 2. The first-order valence-electron chi connectivity index (χ1n) is 6.53. The zero-order chi connectivity index (χ0) is 14.9. The molecule has 1 aliphatic rings. The molecule has 0 bridgehead atoms. The van der Waals surface area contributed by atoms with E-state index in [0.29, 0.717) is 27.8 Å². The van der Waals surface area contributed by atoms with Crippen LogP contribution >= 0.6 is 23.2 Å². The Morgan fingerprint density at radius 1 is 1.35 bits per heavy atom. The summed E-state index contributed by atoms with van der Waals surface area (Å²) in [7, 11) is 0. The van der Waals surface area contributed by atoms with Gasteiger partial charge in [-0.1, -0.05) is 36.5 Å². The van der Waals surface area contributed by atoms with Crippen molar-refractivity contribution in [1.29, 1.82) is 0 Å². The predicted molar refractivity (Wildman–Crippen MR) is 80.3 cm³/mol. The Hall–Kier alpha value is -1.26. The Bertz CT molecular complexity index is 560. The quantitative estimate of drug-likeness (QED) is 0.926. The SMILES string of the molecule is CCCCN1C(=O)C(NC(C)=O)c2c(Cl)ccc(Cl)c21. The molecule has 0 saturated carbocycles. The molecular weight excluding hydrogens is 299 g/mol. The van der Waals surface area contributed by atoms with Gasteiger partial charge >= 0.3 is 0 Å². The van der Waals surface area contributed by atoms with Crippen LogP contribution in [0.5, 0.6) is 0 Å². The Morgan fingerprint density at radius 2 is 2.00 bits per heavy atom. The Morgan fingerprint density at radius 3 is 2.60 bits per heavy atom. The minimum absolute atomic E-state index is 0.182. The van der Waals surface area contributed by atoms with Crippen molar-refractivity contribution < 1.29 is 9.59 Å². The van der Waals surface area contributed by atoms with Gasteiger partial charge in [0.25, 0.3) is 5.91 Å². The summed E-state index contributed by atoms with van der Waals surface area (Å²) in [6.45, 7) is 3.99. The van der Waals surface area contributed by atoms with Crippen molar-refractivity contribution in [3.63, 3.8) is 0 Å². The standard InChI is InChI=1S/C14H16Cl2N2O2/c1-3-4-7-18-13-10(16)6-5-9(15)11(13)12(14(18)20)17-8(2)19/h5-6,12H,3-4,7H2,1-2H3,(H,17,19). The van der Waals surface area contributed by atoms with Crippen molar-refractivity contribution in [2.75, 3.05) is 11.4 Å². The second kappa shape index (κ2) is 6.02. The van der Waals surface area contributed by atoms with Gasteiger partial charge in [-0.15, -0.1) is 0 Å². The molecule has 2 amide bonds. The maximum absolute atomic E-state index is 12.5. The Kier molecular flexibility index (Phi) is 4.55. The summed E-state index contributed by atoms with van der Waals surface area (Å²) in [4.78, 5) is 25.4. The van der Waals surface area contributed by atoms with E-state index in [1.165, 1.54) is 6.92 Å². The second-order valence-corrected chi connectivity index (χ2v) is 5.58. The fraction of sp³-hybridized carbons (Fsp3) is 0.429. The van der Waals surface area contributed by atoms with E-state index in [1.807, 2.05) is 6.92 Å². The first kappa shape index (κ1) is 15.1. The molecule has 6 heteroatoms. The Labute approximate surface area is 128 Å². The maximum Gasteiger partial charge on any atom is 0.254 e. The van der Waals surface area contributed by atoms with E-state index in [4.69, 9.17) is 23.2 Å². The number of amides is 2. The summed E-state index contributed by atoms with van der Waals surface area (Å²) in [6, 6.07) is 2.57. The van der Waals surface area contributed by atoms with E-state index >= 15 is 0 Å². The highest BCUT2D eigenvalue weighted by molar-refractivity contribution is 6.38. The molecule has 0 spiro atoms. The van der Waals surface area contributed by atoms with Crippen molar-refractivity contribution in [3.05, 3.63) is 27.7 Å². The van der Waals surface area contributed by atoms with Crippen LogP contribution in [-0.2, 0) is 9.59 Å². The number of anilines is 1. The average Bonchev–Trinajstić information content (AvgIpc) is 2.66. The zero-order valence-electron chi connectivity index (χ0n) is 11.4. The van der Waals surface area contributed by atoms with Gasteiger partial charge in [0.2, 0.25) is 5.91 Å². The number of hydrogen-bond donors (Lipinski definition) is 1. The summed E-state index contributed by atoms with van der Waals surface area (Å²) < 4.78 is 0. The van der Waals surface area contributed by atoms with Crippen LogP contribution in [0.25, 0.3) is 0 Å². The van der Waals surface area contributed by atoms with Gasteiger partial charge in [0, 0.05) is 24.1 Å². The third-order valence-corrected chi connectivity index (χ3v) is 3.90. The van der Waals surface area contributed by atoms with Crippen LogP contribution in [0.4, 0.5) is 5.69 Å². The molecule has 1 atom stereocenters. The highest BCUT2D eigenvalue weighted by Crippen LogP contribution is 2.44. The van der Waals surface area contributed by atoms with Gasteiger partial charge in [-0.05, 0) is 18.6 Å². The maximum atomic E-state index is 12.5. The number of hydrogen-bond acceptors (Lipinski definition) is 2. The summed E-state index contributed by atoms with van der Waals surface area (Å²) in [5.41, 5.74) is 1.21. The van der Waals surface area contributed by atoms with Gasteiger partial charge in [-0.3, -0.25) is 9.59 Å². The second-order valence-electron chi connectivity index (χ2n) is 4.77. The normalized spacial score (nSPS) is 17.3. The van der Waals surface area contributed by atoms with E-state index in [2.05, 4.69) is 5.32 Å². The van der Waals surface area contributed by atoms with Gasteiger partial charge in [0.15, 0.2) is 0 Å². The fourth-order valence-corrected chi connectivity index (χ4v) is 2.90. The van der Waals surface area contributed by atoms with Crippen LogP contribution in [0.3, 0.4) is 0 Å². The summed E-state index contributed by atoms with van der Waals surface area (Å²) in [5, 5.41) is 3.56. The third-order valence-electron chi connectivity index (χ3n) is 3.27. The van der Waals surface area contributed by atoms with Crippen LogP contribution in [-0.4, -0.2) is 18.4 Å². The van der Waals surface area contributed by atoms with Gasteiger partial charge in [-0.2, -0.15) is 0 Å². The van der Waals surface area contributed by atoms with Crippen LogP contribution in [0.2, 0.25) is 10.0 Å². The van der Waals surface area contributed by atoms with Gasteiger partial charge in [-0.25, -0.2) is 0 Å². The lowest BCUT2D eigenvalue weighted by molar-refractivity contribution is -0.126. The topological polar surface area (TPSA) is 49.4 Å². The number of unbranched alkanes of at least 4 members (excludes halogenated alkanes) is 1. The van der Waals surface area contributed by atoms with E-state index < -0.39 is 6.04 Å². The van der Waals surface area contributed by atoms with Crippen molar-refractivity contribution in [2.24, 2.45) is 0 Å². The fourth-order valence-electron chi connectivity index (χ4n) is 2.37. The number of nitrogens with zero attached hydrogens (tertiary/aromatic N) is 1. The summed E-state index contributed by atoms with van der Waals surface area (Å²) in [6.07, 6.45) is 1.82.